The Morgan fingerprint density at radius 1 is 1.24 bits per heavy atom. The van der Waals surface area contributed by atoms with Crippen molar-refractivity contribution in [2.75, 3.05) is 0 Å². The number of fused-ring (bicyclic) bond motifs is 3. The number of hydrogen-bond acceptors (Lipinski definition) is 3. The van der Waals surface area contributed by atoms with Gasteiger partial charge in [-0.25, -0.2) is 0 Å². The van der Waals surface area contributed by atoms with Gasteiger partial charge in [0, 0.05) is 6.42 Å². The Balaban J connectivity index is 2.04. The minimum Gasteiger partial charge on any atom is -0.392 e. The maximum Gasteiger partial charge on any atom is 0.145 e. The predicted molar refractivity (Wildman–Crippen MR) is 80.7 cm³/mol. The Morgan fingerprint density at radius 2 is 2.05 bits per heavy atom. The Morgan fingerprint density at radius 3 is 2.76 bits per heavy atom. The monoisotopic (exact) mass is 290 g/mol. The molecule has 3 nitrogen and oxygen atoms in total. The minimum atomic E-state index is -0.710. The normalized spacial score (nSPS) is 46.6. The largest absolute Gasteiger partial charge is 0.392 e. The molecule has 0 spiro atoms. The smallest absolute Gasteiger partial charge is 0.145 e. The van der Waals surface area contributed by atoms with E-state index in [0.29, 0.717) is 17.9 Å². The maximum atomic E-state index is 12.0. The van der Waals surface area contributed by atoms with Gasteiger partial charge in [0.05, 0.1) is 11.5 Å². The zero-order valence-corrected chi connectivity index (χ0v) is 12.9. The van der Waals surface area contributed by atoms with Crippen LogP contribution in [0.3, 0.4) is 0 Å². The average molecular weight is 290 g/mol. The first-order valence-electron chi connectivity index (χ1n) is 8.35. The van der Waals surface area contributed by atoms with E-state index in [2.05, 4.69) is 6.92 Å². The maximum absolute atomic E-state index is 12.0. The van der Waals surface area contributed by atoms with Crippen molar-refractivity contribution in [3.05, 3.63) is 11.6 Å². The van der Waals surface area contributed by atoms with Crippen LogP contribution < -0.4 is 0 Å². The molecule has 0 radical (unpaired) electrons. The highest BCUT2D eigenvalue weighted by atomic mass is 16.3. The van der Waals surface area contributed by atoms with E-state index in [1.165, 1.54) is 19.3 Å². The first kappa shape index (κ1) is 15.0. The van der Waals surface area contributed by atoms with Crippen LogP contribution in [0, 0.1) is 22.7 Å². The molecule has 3 aliphatic carbocycles. The summed E-state index contributed by atoms with van der Waals surface area (Å²) in [6, 6.07) is 0. The van der Waals surface area contributed by atoms with E-state index in [1.54, 1.807) is 0 Å². The lowest BCUT2D eigenvalue weighted by Crippen LogP contribution is -2.56. The highest BCUT2D eigenvalue weighted by Crippen LogP contribution is 2.62. The fraction of sp³-hybridized carbons (Fsp3) is 0.778. The molecule has 21 heavy (non-hydrogen) atoms. The molecule has 0 heterocycles. The van der Waals surface area contributed by atoms with Gasteiger partial charge in [-0.2, -0.15) is 0 Å². The van der Waals surface area contributed by atoms with E-state index in [-0.39, 0.29) is 11.3 Å². The summed E-state index contributed by atoms with van der Waals surface area (Å²) in [5.74, 6) is 0.844. The summed E-state index contributed by atoms with van der Waals surface area (Å²) in [5.41, 5.74) is 0.144. The third-order valence-corrected chi connectivity index (χ3v) is 6.86. The lowest BCUT2D eigenvalue weighted by molar-refractivity contribution is -0.154. The van der Waals surface area contributed by atoms with E-state index in [0.717, 1.165) is 38.3 Å². The van der Waals surface area contributed by atoms with Crippen molar-refractivity contribution in [1.29, 1.82) is 0 Å². The Kier molecular flexibility index (Phi) is 3.81. The van der Waals surface area contributed by atoms with Crippen LogP contribution in [-0.2, 0) is 9.59 Å². The summed E-state index contributed by atoms with van der Waals surface area (Å²) < 4.78 is 0. The van der Waals surface area contributed by atoms with E-state index in [1.807, 2.05) is 6.08 Å². The summed E-state index contributed by atoms with van der Waals surface area (Å²) in [6.07, 6.45) is 11.0. The van der Waals surface area contributed by atoms with Crippen LogP contribution in [0.25, 0.3) is 0 Å². The molecule has 0 saturated heterocycles. The lowest BCUT2D eigenvalue weighted by atomic mass is 9.46. The summed E-state index contributed by atoms with van der Waals surface area (Å²) in [4.78, 5) is 23.2. The van der Waals surface area contributed by atoms with Crippen molar-refractivity contribution in [3.63, 3.8) is 0 Å². The number of hydrogen-bond donors (Lipinski definition) is 1. The number of allylic oxidation sites excluding steroid dienone is 1. The second-order valence-corrected chi connectivity index (χ2v) is 7.62. The molecule has 3 rings (SSSR count). The number of rotatable bonds is 2. The molecule has 0 aliphatic heterocycles. The first-order valence-corrected chi connectivity index (χ1v) is 8.35. The SMILES string of the molecule is CC12CCCCC1CC[C@@]1(C=O)C(O)CC(C=O)=CC[C@H]21. The molecule has 116 valence electrons. The standard InChI is InChI=1S/C18H26O3/c1-17-8-3-2-4-14(17)7-9-18(12-20)15(17)6-5-13(11-19)10-16(18)21/h5,11-12,14-16,21H,2-4,6-10H2,1H3/t14?,15-,16?,17?,18+/m1/s1. The quantitative estimate of drug-likeness (QED) is 0.795. The van der Waals surface area contributed by atoms with Crippen molar-refractivity contribution in [2.45, 2.75) is 64.4 Å². The fourth-order valence-electron chi connectivity index (χ4n) is 5.54. The van der Waals surface area contributed by atoms with Crippen molar-refractivity contribution in [2.24, 2.45) is 22.7 Å². The Hall–Kier alpha value is -0.960. The van der Waals surface area contributed by atoms with Crippen LogP contribution in [0.1, 0.15) is 58.3 Å². The van der Waals surface area contributed by atoms with Gasteiger partial charge in [0.25, 0.3) is 0 Å². The van der Waals surface area contributed by atoms with Crippen LogP contribution >= 0.6 is 0 Å². The molecule has 3 aliphatic rings. The topological polar surface area (TPSA) is 54.4 Å². The molecule has 1 N–H and O–H groups in total. The molecule has 3 heteroatoms. The third kappa shape index (κ3) is 2.12. The highest BCUT2D eigenvalue weighted by Gasteiger charge is 2.58. The van der Waals surface area contributed by atoms with E-state index < -0.39 is 11.5 Å². The summed E-state index contributed by atoms with van der Waals surface area (Å²) in [6.45, 7) is 2.32. The number of aliphatic hydroxyl groups excluding tert-OH is 1. The van der Waals surface area contributed by atoms with Crippen LogP contribution in [0.15, 0.2) is 11.6 Å². The Labute approximate surface area is 126 Å². The van der Waals surface area contributed by atoms with Gasteiger partial charge in [-0.1, -0.05) is 25.8 Å². The molecule has 2 fully saturated rings. The number of aldehydes is 2. The van der Waals surface area contributed by atoms with Crippen LogP contribution in [-0.4, -0.2) is 23.8 Å². The van der Waals surface area contributed by atoms with Gasteiger partial charge in [-0.3, -0.25) is 4.79 Å². The summed E-state index contributed by atoms with van der Waals surface area (Å²) >= 11 is 0. The number of carbonyl (C=O) groups excluding carboxylic acids is 2. The van der Waals surface area contributed by atoms with Gasteiger partial charge < -0.3 is 9.90 Å². The van der Waals surface area contributed by atoms with Crippen LogP contribution in [0.2, 0.25) is 0 Å². The Bertz CT molecular complexity index is 469. The summed E-state index contributed by atoms with van der Waals surface area (Å²) in [5, 5.41) is 10.7. The molecule has 0 amide bonds. The molecule has 3 unspecified atom stereocenters. The molecule has 2 saturated carbocycles. The van der Waals surface area contributed by atoms with Crippen molar-refractivity contribution in [3.8, 4) is 0 Å². The zero-order chi connectivity index (χ0) is 15.1. The van der Waals surface area contributed by atoms with E-state index in [9.17, 15) is 14.7 Å². The van der Waals surface area contributed by atoms with Crippen molar-refractivity contribution >= 4 is 12.6 Å². The number of aliphatic hydroxyl groups is 1. The second kappa shape index (κ2) is 5.35. The fourth-order valence-corrected chi connectivity index (χ4v) is 5.54. The zero-order valence-electron chi connectivity index (χ0n) is 12.9. The molecule has 0 bridgehead atoms. The predicted octanol–water partition coefficient (Wildman–Crippen LogP) is 3.06. The second-order valence-electron chi connectivity index (χ2n) is 7.62. The van der Waals surface area contributed by atoms with Gasteiger partial charge in [0.1, 0.15) is 12.6 Å². The number of carbonyl (C=O) groups is 2. The van der Waals surface area contributed by atoms with Crippen molar-refractivity contribution < 1.29 is 14.7 Å². The lowest BCUT2D eigenvalue weighted by Gasteiger charge is -2.58. The molecule has 0 aromatic rings. The van der Waals surface area contributed by atoms with E-state index in [4.69, 9.17) is 0 Å². The molecule has 0 aromatic heterocycles. The molecular weight excluding hydrogens is 264 g/mol. The van der Waals surface area contributed by atoms with Crippen LogP contribution in [0.5, 0.6) is 0 Å². The van der Waals surface area contributed by atoms with Gasteiger partial charge in [-0.15, -0.1) is 0 Å². The molecular formula is C18H26O3. The molecule has 5 atom stereocenters. The van der Waals surface area contributed by atoms with E-state index >= 15 is 0 Å². The van der Waals surface area contributed by atoms with Gasteiger partial charge in [-0.05, 0) is 54.9 Å². The summed E-state index contributed by atoms with van der Waals surface area (Å²) in [7, 11) is 0. The third-order valence-electron chi connectivity index (χ3n) is 6.86. The average Bonchev–Trinajstić information content (AvgIpc) is 2.64. The van der Waals surface area contributed by atoms with Crippen molar-refractivity contribution in [1.82, 2.24) is 0 Å². The van der Waals surface area contributed by atoms with Gasteiger partial charge >= 0.3 is 0 Å². The van der Waals surface area contributed by atoms with Gasteiger partial charge in [0.2, 0.25) is 0 Å². The highest BCUT2D eigenvalue weighted by molar-refractivity contribution is 5.74. The van der Waals surface area contributed by atoms with Crippen LogP contribution in [0.4, 0.5) is 0 Å². The molecule has 0 aromatic carbocycles. The van der Waals surface area contributed by atoms with Gasteiger partial charge in [0.15, 0.2) is 0 Å². The minimum absolute atomic E-state index is 0.132. The first-order chi connectivity index (χ1) is 10.1.